The highest BCUT2D eigenvalue weighted by molar-refractivity contribution is 5.79. The van der Waals surface area contributed by atoms with Crippen LogP contribution in [-0.4, -0.2) is 29.4 Å². The molecule has 0 aromatic heterocycles. The van der Waals surface area contributed by atoms with Gasteiger partial charge >= 0.3 is 0 Å². The fourth-order valence-electron chi connectivity index (χ4n) is 2.25. The highest BCUT2D eigenvalue weighted by atomic mass is 19.1. The highest BCUT2D eigenvalue weighted by Crippen LogP contribution is 2.18. The predicted octanol–water partition coefficient (Wildman–Crippen LogP) is 1.46. The first-order valence-electron chi connectivity index (χ1n) is 5.98. The summed E-state index contributed by atoms with van der Waals surface area (Å²) in [5.41, 5.74) is 6.05. The Labute approximate surface area is 105 Å². The molecule has 0 saturated carbocycles. The minimum atomic E-state index is -0.681. The zero-order valence-corrected chi connectivity index (χ0v) is 10.2. The number of nitrogens with zero attached hydrogens (tertiary/aromatic N) is 1. The van der Waals surface area contributed by atoms with Gasteiger partial charge in [0.2, 0.25) is 5.91 Å². The first-order chi connectivity index (χ1) is 8.49. The Bertz CT molecular complexity index is 464. The first-order valence-corrected chi connectivity index (χ1v) is 5.98. The van der Waals surface area contributed by atoms with Crippen LogP contribution in [0.2, 0.25) is 0 Å². The van der Waals surface area contributed by atoms with E-state index in [4.69, 9.17) is 5.73 Å². The molecule has 1 aliphatic heterocycles. The van der Waals surface area contributed by atoms with Gasteiger partial charge in [-0.15, -0.1) is 0 Å². The van der Waals surface area contributed by atoms with E-state index < -0.39 is 11.6 Å². The number of carbonyl (C=O) groups is 1. The van der Waals surface area contributed by atoms with E-state index in [1.54, 1.807) is 4.90 Å². The summed E-state index contributed by atoms with van der Waals surface area (Å²) in [6.45, 7) is 2.49. The number of rotatable bonds is 2. The van der Waals surface area contributed by atoms with Crippen LogP contribution in [0.25, 0.3) is 0 Å². The van der Waals surface area contributed by atoms with Crippen molar-refractivity contribution in [3.05, 3.63) is 35.4 Å². The minimum Gasteiger partial charge on any atom is -0.338 e. The third-order valence-corrected chi connectivity index (χ3v) is 3.49. The Morgan fingerprint density at radius 1 is 1.50 bits per heavy atom. The summed E-state index contributed by atoms with van der Waals surface area (Å²) in [6, 6.07) is 3.21. The standard InChI is InChI=1S/C13H16F2N2O/c1-8-12(16)4-5-17(8)13(18)6-9-2-3-10(14)7-11(9)15/h2-3,7-8,12H,4-6,16H2,1H3. The summed E-state index contributed by atoms with van der Waals surface area (Å²) >= 11 is 0. The van der Waals surface area contributed by atoms with Crippen LogP contribution in [0.5, 0.6) is 0 Å². The maximum Gasteiger partial charge on any atom is 0.227 e. The average molecular weight is 254 g/mol. The van der Waals surface area contributed by atoms with Crippen LogP contribution in [0.3, 0.4) is 0 Å². The van der Waals surface area contributed by atoms with E-state index in [-0.39, 0.29) is 30.0 Å². The fraction of sp³-hybridized carbons (Fsp3) is 0.462. The van der Waals surface area contributed by atoms with Crippen LogP contribution in [0.15, 0.2) is 18.2 Å². The number of nitrogens with two attached hydrogens (primary N) is 1. The van der Waals surface area contributed by atoms with E-state index >= 15 is 0 Å². The van der Waals surface area contributed by atoms with Crippen molar-refractivity contribution in [2.45, 2.75) is 31.8 Å². The van der Waals surface area contributed by atoms with Gasteiger partial charge in [0, 0.05) is 24.7 Å². The third-order valence-electron chi connectivity index (χ3n) is 3.49. The Morgan fingerprint density at radius 3 is 2.78 bits per heavy atom. The molecule has 18 heavy (non-hydrogen) atoms. The van der Waals surface area contributed by atoms with Crippen LogP contribution in [0.4, 0.5) is 8.78 Å². The van der Waals surface area contributed by atoms with E-state index in [9.17, 15) is 13.6 Å². The molecular formula is C13H16F2N2O. The summed E-state index contributed by atoms with van der Waals surface area (Å²) in [5.74, 6) is -1.49. The number of benzene rings is 1. The van der Waals surface area contributed by atoms with Crippen molar-refractivity contribution < 1.29 is 13.6 Å². The van der Waals surface area contributed by atoms with Gasteiger partial charge in [-0.05, 0) is 25.0 Å². The number of carbonyl (C=O) groups excluding carboxylic acids is 1. The molecule has 5 heteroatoms. The molecule has 0 aliphatic carbocycles. The fourth-order valence-corrected chi connectivity index (χ4v) is 2.25. The van der Waals surface area contributed by atoms with Crippen molar-refractivity contribution in [2.24, 2.45) is 5.73 Å². The van der Waals surface area contributed by atoms with Crippen molar-refractivity contribution in [3.63, 3.8) is 0 Å². The Kier molecular flexibility index (Phi) is 3.61. The molecular weight excluding hydrogens is 238 g/mol. The number of likely N-dealkylation sites (tertiary alicyclic amines) is 1. The highest BCUT2D eigenvalue weighted by Gasteiger charge is 2.31. The Balaban J connectivity index is 2.07. The Morgan fingerprint density at radius 2 is 2.22 bits per heavy atom. The summed E-state index contributed by atoms with van der Waals surface area (Å²) in [4.78, 5) is 13.7. The van der Waals surface area contributed by atoms with Gasteiger partial charge in [0.25, 0.3) is 0 Å². The molecule has 1 fully saturated rings. The molecule has 1 aromatic carbocycles. The van der Waals surface area contributed by atoms with Gasteiger partial charge in [0.1, 0.15) is 11.6 Å². The molecule has 2 N–H and O–H groups in total. The molecule has 0 bridgehead atoms. The molecule has 0 radical (unpaired) electrons. The Hall–Kier alpha value is -1.49. The number of hydrogen-bond acceptors (Lipinski definition) is 2. The zero-order valence-electron chi connectivity index (χ0n) is 10.2. The van der Waals surface area contributed by atoms with Crippen molar-refractivity contribution in [1.29, 1.82) is 0 Å². The minimum absolute atomic E-state index is 0.0213. The molecule has 0 spiro atoms. The number of amides is 1. The van der Waals surface area contributed by atoms with Gasteiger partial charge in [-0.25, -0.2) is 8.78 Å². The van der Waals surface area contributed by atoms with Gasteiger partial charge in [-0.2, -0.15) is 0 Å². The second-order valence-electron chi connectivity index (χ2n) is 4.69. The monoisotopic (exact) mass is 254 g/mol. The van der Waals surface area contributed by atoms with Crippen LogP contribution in [0, 0.1) is 11.6 Å². The van der Waals surface area contributed by atoms with Crippen molar-refractivity contribution >= 4 is 5.91 Å². The molecule has 1 aromatic rings. The van der Waals surface area contributed by atoms with E-state index in [1.165, 1.54) is 6.07 Å². The molecule has 1 amide bonds. The molecule has 2 unspecified atom stereocenters. The lowest BCUT2D eigenvalue weighted by Crippen LogP contribution is -2.41. The lowest BCUT2D eigenvalue weighted by molar-refractivity contribution is -0.131. The molecule has 2 atom stereocenters. The topological polar surface area (TPSA) is 46.3 Å². The van der Waals surface area contributed by atoms with E-state index in [0.29, 0.717) is 6.54 Å². The largest absolute Gasteiger partial charge is 0.338 e. The molecule has 2 rings (SSSR count). The molecule has 1 saturated heterocycles. The second kappa shape index (κ2) is 5.02. The SMILES string of the molecule is CC1C(N)CCN1C(=O)Cc1ccc(F)cc1F. The predicted molar refractivity (Wildman–Crippen MR) is 63.8 cm³/mol. The maximum absolute atomic E-state index is 13.4. The average Bonchev–Trinajstić information content (AvgIpc) is 2.64. The summed E-state index contributed by atoms with van der Waals surface area (Å²) < 4.78 is 26.2. The zero-order chi connectivity index (χ0) is 13.3. The summed E-state index contributed by atoms with van der Waals surface area (Å²) in [7, 11) is 0. The van der Waals surface area contributed by atoms with E-state index in [1.807, 2.05) is 6.92 Å². The van der Waals surface area contributed by atoms with Gasteiger partial charge < -0.3 is 10.6 Å². The number of halogens is 2. The second-order valence-corrected chi connectivity index (χ2v) is 4.69. The van der Waals surface area contributed by atoms with Gasteiger partial charge in [-0.3, -0.25) is 4.79 Å². The quantitative estimate of drug-likeness (QED) is 0.868. The number of hydrogen-bond donors (Lipinski definition) is 1. The first kappa shape index (κ1) is 13.0. The van der Waals surface area contributed by atoms with Crippen LogP contribution in [-0.2, 0) is 11.2 Å². The molecule has 98 valence electrons. The van der Waals surface area contributed by atoms with Crippen LogP contribution < -0.4 is 5.73 Å². The lowest BCUT2D eigenvalue weighted by atomic mass is 10.1. The smallest absolute Gasteiger partial charge is 0.227 e. The van der Waals surface area contributed by atoms with E-state index in [2.05, 4.69) is 0 Å². The van der Waals surface area contributed by atoms with Gasteiger partial charge in [0.05, 0.1) is 6.42 Å². The van der Waals surface area contributed by atoms with E-state index in [0.717, 1.165) is 18.6 Å². The van der Waals surface area contributed by atoms with Crippen LogP contribution >= 0.6 is 0 Å². The summed E-state index contributed by atoms with van der Waals surface area (Å²) in [6.07, 6.45) is 0.710. The molecule has 1 aliphatic rings. The van der Waals surface area contributed by atoms with Crippen molar-refractivity contribution in [2.75, 3.05) is 6.54 Å². The van der Waals surface area contributed by atoms with Crippen molar-refractivity contribution in [3.8, 4) is 0 Å². The molecule has 3 nitrogen and oxygen atoms in total. The molecule has 1 heterocycles. The normalized spacial score (nSPS) is 23.4. The maximum atomic E-state index is 13.4. The third kappa shape index (κ3) is 2.51. The lowest BCUT2D eigenvalue weighted by Gasteiger charge is -2.23. The van der Waals surface area contributed by atoms with Crippen LogP contribution in [0.1, 0.15) is 18.9 Å². The summed E-state index contributed by atoms with van der Waals surface area (Å²) in [5, 5.41) is 0. The van der Waals surface area contributed by atoms with Gasteiger partial charge in [0.15, 0.2) is 0 Å². The van der Waals surface area contributed by atoms with Gasteiger partial charge in [-0.1, -0.05) is 6.07 Å². The van der Waals surface area contributed by atoms with Crippen molar-refractivity contribution in [1.82, 2.24) is 4.90 Å².